The first-order valence-corrected chi connectivity index (χ1v) is 15.8. The number of imide groups is 1. The molecule has 5 aromatic rings. The van der Waals surface area contributed by atoms with E-state index in [2.05, 4.69) is 48.5 Å². The first-order chi connectivity index (χ1) is 22.3. The number of benzene rings is 5. The molecule has 0 N–H and O–H groups in total. The molecule has 3 aliphatic rings. The average Bonchev–Trinajstić information content (AvgIpc) is 3.59. The van der Waals surface area contributed by atoms with Crippen molar-refractivity contribution < 1.29 is 14.4 Å². The summed E-state index contributed by atoms with van der Waals surface area (Å²) >= 11 is 0. The Morgan fingerprint density at radius 3 is 1.28 bits per heavy atom. The van der Waals surface area contributed by atoms with Gasteiger partial charge in [-0.2, -0.15) is 0 Å². The summed E-state index contributed by atoms with van der Waals surface area (Å²) in [6.45, 7) is 5.99. The summed E-state index contributed by atoms with van der Waals surface area (Å²) in [6.07, 6.45) is 0. The largest absolute Gasteiger partial charge is 0.297 e. The Hall–Kier alpha value is -5.35. The van der Waals surface area contributed by atoms with Gasteiger partial charge in [0.15, 0.2) is 5.78 Å². The van der Waals surface area contributed by atoms with Crippen LogP contribution in [-0.2, 0) is 25.2 Å². The van der Waals surface area contributed by atoms with Gasteiger partial charge in [-0.3, -0.25) is 14.4 Å². The number of aryl methyl sites for hydroxylation is 3. The number of ketones is 1. The number of rotatable bonds is 5. The summed E-state index contributed by atoms with van der Waals surface area (Å²) in [4.78, 5) is 47.5. The molecule has 2 aliphatic carbocycles. The van der Waals surface area contributed by atoms with Crippen molar-refractivity contribution in [3.63, 3.8) is 0 Å². The number of para-hydroxylation sites is 1. The Morgan fingerprint density at radius 2 is 0.870 bits per heavy atom. The lowest BCUT2D eigenvalue weighted by Gasteiger charge is -2.39. The highest BCUT2D eigenvalue weighted by Crippen LogP contribution is 2.74. The molecule has 0 unspecified atom stereocenters. The van der Waals surface area contributed by atoms with Crippen molar-refractivity contribution in [2.45, 2.75) is 31.6 Å². The van der Waals surface area contributed by atoms with Gasteiger partial charge in [0.05, 0.1) is 28.4 Å². The van der Waals surface area contributed by atoms with E-state index in [-0.39, 0.29) is 17.6 Å². The molecule has 4 heteroatoms. The number of hydrogen-bond donors (Lipinski definition) is 0. The molecule has 5 aromatic carbocycles. The van der Waals surface area contributed by atoms with E-state index in [9.17, 15) is 0 Å². The third-order valence-corrected chi connectivity index (χ3v) is 10.5. The van der Waals surface area contributed by atoms with Crippen LogP contribution in [0.4, 0.5) is 5.69 Å². The van der Waals surface area contributed by atoms with Crippen LogP contribution in [0.3, 0.4) is 0 Å². The second-order valence-corrected chi connectivity index (χ2v) is 12.9. The highest BCUT2D eigenvalue weighted by Gasteiger charge is 2.82. The molecule has 8 rings (SSSR count). The summed E-state index contributed by atoms with van der Waals surface area (Å²) in [5.74, 6) is -2.62. The quantitative estimate of drug-likeness (QED) is 0.194. The van der Waals surface area contributed by atoms with Crippen LogP contribution in [0.1, 0.15) is 38.9 Å². The van der Waals surface area contributed by atoms with Crippen molar-refractivity contribution in [3.05, 3.63) is 172 Å². The Bertz CT molecular complexity index is 1950. The number of allylic oxidation sites excluding steroid dienone is 2. The first kappa shape index (κ1) is 28.1. The van der Waals surface area contributed by atoms with E-state index in [0.717, 1.165) is 50.1 Å². The lowest BCUT2D eigenvalue weighted by molar-refractivity contribution is -0.130. The zero-order valence-electron chi connectivity index (χ0n) is 26.0. The number of anilines is 1. The molecule has 224 valence electrons. The lowest BCUT2D eigenvalue weighted by Crippen LogP contribution is -2.45. The van der Waals surface area contributed by atoms with Crippen molar-refractivity contribution in [2.24, 2.45) is 11.8 Å². The summed E-state index contributed by atoms with van der Waals surface area (Å²) in [7, 11) is 0. The molecular formula is C42H33NO3. The molecule has 4 nitrogen and oxygen atoms in total. The molecule has 46 heavy (non-hydrogen) atoms. The zero-order valence-corrected chi connectivity index (χ0v) is 26.0. The van der Waals surface area contributed by atoms with Crippen LogP contribution < -0.4 is 4.90 Å². The minimum absolute atomic E-state index is 0.107. The second kappa shape index (κ2) is 10.1. The molecule has 4 atom stereocenters. The number of carbonyl (C=O) groups excluding carboxylic acids is 3. The van der Waals surface area contributed by atoms with Gasteiger partial charge in [-0.25, -0.2) is 4.90 Å². The van der Waals surface area contributed by atoms with Gasteiger partial charge in [-0.05, 0) is 65.8 Å². The number of hydrogen-bond acceptors (Lipinski definition) is 3. The molecular weight excluding hydrogens is 566 g/mol. The van der Waals surface area contributed by atoms with Crippen molar-refractivity contribution in [1.82, 2.24) is 0 Å². The van der Waals surface area contributed by atoms with Gasteiger partial charge < -0.3 is 0 Å². The van der Waals surface area contributed by atoms with E-state index in [1.54, 1.807) is 0 Å². The van der Waals surface area contributed by atoms with Gasteiger partial charge in [0.1, 0.15) is 0 Å². The predicted molar refractivity (Wildman–Crippen MR) is 181 cm³/mol. The molecule has 1 aliphatic heterocycles. The van der Waals surface area contributed by atoms with E-state index < -0.39 is 22.7 Å². The highest BCUT2D eigenvalue weighted by atomic mass is 16.2. The average molecular weight is 600 g/mol. The maximum absolute atomic E-state index is 16.0. The Kier molecular flexibility index (Phi) is 6.17. The standard InChI is InChI=1S/C42H33NO3/c1-26-18-22-29(23-19-26)34-35(30-24-20-27(2)21-25-30)42(32-15-8-5-9-16-32)37-36(41(34,40(42)46)31-13-6-4-7-14-31)38(44)43(39(37)45)33-17-11-10-12-28(33)3/h4-25,36-37H,1-3H3/t36-,37-,41+,42+/m0/s1. The van der Waals surface area contributed by atoms with Crippen LogP contribution in [0.2, 0.25) is 0 Å². The maximum atomic E-state index is 16.0. The van der Waals surface area contributed by atoms with Crippen LogP contribution in [0.25, 0.3) is 11.1 Å². The Balaban J connectivity index is 1.57. The molecule has 0 aromatic heterocycles. The molecule has 0 radical (unpaired) electrons. The molecule has 0 spiro atoms. The molecule has 1 saturated carbocycles. The van der Waals surface area contributed by atoms with E-state index in [4.69, 9.17) is 0 Å². The molecule has 2 fully saturated rings. The number of amides is 2. The van der Waals surface area contributed by atoms with Gasteiger partial charge in [0, 0.05) is 0 Å². The third kappa shape index (κ3) is 3.47. The number of Topliss-reactive ketones (excluding diaryl/α,β-unsaturated/α-hetero) is 1. The minimum atomic E-state index is -1.40. The van der Waals surface area contributed by atoms with Crippen LogP contribution in [0, 0.1) is 32.6 Å². The summed E-state index contributed by atoms with van der Waals surface area (Å²) in [5, 5.41) is 0. The number of carbonyl (C=O) groups is 3. The van der Waals surface area contributed by atoms with Gasteiger partial charge in [-0.15, -0.1) is 0 Å². The fourth-order valence-electron chi connectivity index (χ4n) is 8.62. The number of nitrogens with zero attached hydrogens (tertiary/aromatic N) is 1. The summed E-state index contributed by atoms with van der Waals surface area (Å²) in [5.41, 5.74) is 5.63. The van der Waals surface area contributed by atoms with Crippen LogP contribution in [0.15, 0.2) is 133 Å². The molecule has 1 heterocycles. The monoisotopic (exact) mass is 599 g/mol. The smallest absolute Gasteiger partial charge is 0.239 e. The van der Waals surface area contributed by atoms with Gasteiger partial charge in [0.25, 0.3) is 0 Å². The zero-order chi connectivity index (χ0) is 31.8. The molecule has 2 bridgehead atoms. The van der Waals surface area contributed by atoms with Crippen LogP contribution >= 0.6 is 0 Å². The highest BCUT2D eigenvalue weighted by molar-refractivity contribution is 6.39. The van der Waals surface area contributed by atoms with Crippen LogP contribution in [-0.4, -0.2) is 17.6 Å². The predicted octanol–water partition coefficient (Wildman–Crippen LogP) is 7.80. The topological polar surface area (TPSA) is 54.5 Å². The SMILES string of the molecule is Cc1ccc(C2=C(c3ccc(C)cc3)[C@@]3(c4ccccc4)C(=O)[C@@]2(c2ccccc2)[C@@H]2C(=O)N(c4ccccc4C)C(=O)[C@H]23)cc1. The minimum Gasteiger partial charge on any atom is -0.297 e. The maximum Gasteiger partial charge on any atom is 0.239 e. The van der Waals surface area contributed by atoms with Gasteiger partial charge in [0.2, 0.25) is 11.8 Å². The van der Waals surface area contributed by atoms with Gasteiger partial charge >= 0.3 is 0 Å². The molecule has 1 saturated heterocycles. The Labute approximate surface area is 269 Å². The fourth-order valence-corrected chi connectivity index (χ4v) is 8.62. The normalized spacial score (nSPS) is 25.0. The summed E-state index contributed by atoms with van der Waals surface area (Å²) < 4.78 is 0. The van der Waals surface area contributed by atoms with E-state index in [0.29, 0.717) is 5.69 Å². The van der Waals surface area contributed by atoms with Gasteiger partial charge in [-0.1, -0.05) is 139 Å². The van der Waals surface area contributed by atoms with E-state index in [1.807, 2.05) is 106 Å². The van der Waals surface area contributed by atoms with E-state index in [1.165, 1.54) is 4.90 Å². The van der Waals surface area contributed by atoms with Crippen molar-refractivity contribution in [3.8, 4) is 0 Å². The number of fused-ring (bicyclic) bond motifs is 5. The van der Waals surface area contributed by atoms with Crippen molar-refractivity contribution in [2.75, 3.05) is 4.90 Å². The second-order valence-electron chi connectivity index (χ2n) is 12.9. The molecule has 2 amide bonds. The van der Waals surface area contributed by atoms with E-state index >= 15 is 14.4 Å². The van der Waals surface area contributed by atoms with Crippen molar-refractivity contribution >= 4 is 34.4 Å². The van der Waals surface area contributed by atoms with Crippen molar-refractivity contribution in [1.29, 1.82) is 0 Å². The van der Waals surface area contributed by atoms with Crippen LogP contribution in [0.5, 0.6) is 0 Å². The summed E-state index contributed by atoms with van der Waals surface area (Å²) in [6, 6.07) is 43.3. The third-order valence-electron chi connectivity index (χ3n) is 10.5. The Morgan fingerprint density at radius 1 is 0.478 bits per heavy atom. The first-order valence-electron chi connectivity index (χ1n) is 15.8. The fraction of sp³-hybridized carbons (Fsp3) is 0.167. The lowest BCUT2D eigenvalue weighted by atomic mass is 9.59.